The lowest BCUT2D eigenvalue weighted by molar-refractivity contribution is -0.385. The van der Waals surface area contributed by atoms with Crippen molar-refractivity contribution in [3.8, 4) is 11.1 Å². The Morgan fingerprint density at radius 1 is 1.20 bits per heavy atom. The lowest BCUT2D eigenvalue weighted by Crippen LogP contribution is -2.16. The molecule has 1 heterocycles. The molecule has 0 aliphatic heterocycles. The third-order valence-electron chi connectivity index (χ3n) is 4.40. The largest absolute Gasteiger partial charge is 0.462 e. The molecule has 0 atom stereocenters. The van der Waals surface area contributed by atoms with Gasteiger partial charge in [-0.2, -0.15) is 0 Å². The van der Waals surface area contributed by atoms with Crippen molar-refractivity contribution in [3.05, 3.63) is 80.5 Å². The summed E-state index contributed by atoms with van der Waals surface area (Å²) in [7, 11) is 0. The van der Waals surface area contributed by atoms with Gasteiger partial charge in [0.1, 0.15) is 16.4 Å². The van der Waals surface area contributed by atoms with Crippen LogP contribution in [0.15, 0.2) is 47.8 Å². The molecular formula is C21H17FN2O5S. The molecule has 7 nitrogen and oxygen atoms in total. The van der Waals surface area contributed by atoms with E-state index >= 15 is 0 Å². The number of nitrogens with zero attached hydrogens (tertiary/aromatic N) is 1. The summed E-state index contributed by atoms with van der Waals surface area (Å²) in [6.07, 6.45) is 0. The molecule has 0 bridgehead atoms. The lowest BCUT2D eigenvalue weighted by atomic mass is 10.0. The van der Waals surface area contributed by atoms with E-state index in [1.807, 2.05) is 0 Å². The standard InChI is InChI=1S/C21H17FN2O5S/c1-3-29-21(26)18-16(13-7-9-14(22)10-8-13)11-30-20(18)23-19(25)15-5-4-6-17(12(15)2)24(27)28/h4-11H,3H2,1-2H3,(H,23,25). The van der Waals surface area contributed by atoms with Crippen LogP contribution in [-0.2, 0) is 4.74 Å². The van der Waals surface area contributed by atoms with E-state index < -0.39 is 22.6 Å². The van der Waals surface area contributed by atoms with E-state index in [0.717, 1.165) is 11.3 Å². The van der Waals surface area contributed by atoms with Crippen molar-refractivity contribution in [2.75, 3.05) is 11.9 Å². The molecule has 0 aliphatic carbocycles. The quantitative estimate of drug-likeness (QED) is 0.331. The first-order valence-electron chi connectivity index (χ1n) is 8.93. The van der Waals surface area contributed by atoms with Crippen LogP contribution in [0.2, 0.25) is 0 Å². The molecular weight excluding hydrogens is 411 g/mol. The summed E-state index contributed by atoms with van der Waals surface area (Å²) >= 11 is 1.11. The Morgan fingerprint density at radius 2 is 1.90 bits per heavy atom. The highest BCUT2D eigenvalue weighted by Crippen LogP contribution is 2.37. The highest BCUT2D eigenvalue weighted by atomic mass is 32.1. The molecule has 9 heteroatoms. The molecule has 30 heavy (non-hydrogen) atoms. The average Bonchev–Trinajstić information content (AvgIpc) is 3.12. The minimum Gasteiger partial charge on any atom is -0.462 e. The van der Waals surface area contributed by atoms with Gasteiger partial charge in [-0.15, -0.1) is 11.3 Å². The van der Waals surface area contributed by atoms with Crippen molar-refractivity contribution in [2.45, 2.75) is 13.8 Å². The Balaban J connectivity index is 2.01. The third kappa shape index (κ3) is 4.20. The summed E-state index contributed by atoms with van der Waals surface area (Å²) in [6.45, 7) is 3.28. The second-order valence-corrected chi connectivity index (χ2v) is 7.12. The maximum atomic E-state index is 13.3. The highest BCUT2D eigenvalue weighted by Gasteiger charge is 2.25. The van der Waals surface area contributed by atoms with Gasteiger partial charge in [0.15, 0.2) is 0 Å². The number of nitrogens with one attached hydrogen (secondary N) is 1. The normalized spacial score (nSPS) is 10.5. The smallest absolute Gasteiger partial charge is 0.341 e. The van der Waals surface area contributed by atoms with Crippen LogP contribution in [-0.4, -0.2) is 23.4 Å². The van der Waals surface area contributed by atoms with E-state index in [-0.39, 0.29) is 34.0 Å². The van der Waals surface area contributed by atoms with E-state index in [2.05, 4.69) is 5.32 Å². The summed E-state index contributed by atoms with van der Waals surface area (Å²) in [5, 5.41) is 15.7. The van der Waals surface area contributed by atoms with Gasteiger partial charge in [-0.25, -0.2) is 9.18 Å². The van der Waals surface area contributed by atoms with Crippen LogP contribution in [0, 0.1) is 22.9 Å². The number of anilines is 1. The van der Waals surface area contributed by atoms with Crippen molar-refractivity contribution >= 4 is 33.9 Å². The number of nitro groups is 1. The van der Waals surface area contributed by atoms with Crippen LogP contribution in [0.4, 0.5) is 15.1 Å². The molecule has 1 N–H and O–H groups in total. The van der Waals surface area contributed by atoms with E-state index in [1.165, 1.54) is 49.4 Å². The van der Waals surface area contributed by atoms with Crippen molar-refractivity contribution in [1.82, 2.24) is 0 Å². The molecule has 0 fully saturated rings. The summed E-state index contributed by atoms with van der Waals surface area (Å²) in [5.41, 5.74) is 1.38. The number of hydrogen-bond acceptors (Lipinski definition) is 6. The minimum atomic E-state index is -0.635. The minimum absolute atomic E-state index is 0.121. The summed E-state index contributed by atoms with van der Waals surface area (Å²) in [5.74, 6) is -1.64. The number of halogens is 1. The van der Waals surface area contributed by atoms with E-state index in [0.29, 0.717) is 11.1 Å². The van der Waals surface area contributed by atoms with Gasteiger partial charge in [-0.1, -0.05) is 18.2 Å². The summed E-state index contributed by atoms with van der Waals surface area (Å²) in [4.78, 5) is 36.0. The van der Waals surface area contributed by atoms with Gasteiger partial charge >= 0.3 is 5.97 Å². The van der Waals surface area contributed by atoms with Crippen LogP contribution in [0.3, 0.4) is 0 Å². The van der Waals surface area contributed by atoms with Gasteiger partial charge in [-0.3, -0.25) is 14.9 Å². The highest BCUT2D eigenvalue weighted by molar-refractivity contribution is 7.15. The molecule has 3 aromatic rings. The first-order valence-corrected chi connectivity index (χ1v) is 9.81. The van der Waals surface area contributed by atoms with Crippen LogP contribution in [0.25, 0.3) is 11.1 Å². The fourth-order valence-electron chi connectivity index (χ4n) is 2.94. The predicted molar refractivity (Wildman–Crippen MR) is 111 cm³/mol. The lowest BCUT2D eigenvalue weighted by Gasteiger charge is -2.10. The van der Waals surface area contributed by atoms with Crippen LogP contribution in [0.5, 0.6) is 0 Å². The number of thiophene rings is 1. The van der Waals surface area contributed by atoms with Gasteiger partial charge in [0, 0.05) is 28.1 Å². The number of esters is 1. The molecule has 1 aromatic heterocycles. The topological polar surface area (TPSA) is 98.5 Å². The fraction of sp³-hybridized carbons (Fsp3) is 0.143. The Bertz CT molecular complexity index is 1120. The molecule has 0 saturated heterocycles. The van der Waals surface area contributed by atoms with Gasteiger partial charge < -0.3 is 10.1 Å². The van der Waals surface area contributed by atoms with Crippen LogP contribution in [0.1, 0.15) is 33.2 Å². The average molecular weight is 428 g/mol. The number of carbonyl (C=O) groups is 2. The van der Waals surface area contributed by atoms with Crippen LogP contribution >= 0.6 is 11.3 Å². The molecule has 0 aliphatic rings. The number of amides is 1. The van der Waals surface area contributed by atoms with Crippen molar-refractivity contribution < 1.29 is 23.6 Å². The van der Waals surface area contributed by atoms with Gasteiger partial charge in [0.25, 0.3) is 11.6 Å². The van der Waals surface area contributed by atoms with E-state index in [1.54, 1.807) is 12.3 Å². The maximum Gasteiger partial charge on any atom is 0.341 e. The number of carbonyl (C=O) groups excluding carboxylic acids is 2. The molecule has 1 amide bonds. The number of nitro benzene ring substituents is 1. The first-order chi connectivity index (χ1) is 14.3. The summed E-state index contributed by atoms with van der Waals surface area (Å²) in [6, 6.07) is 9.79. The van der Waals surface area contributed by atoms with E-state index in [9.17, 15) is 24.1 Å². The summed E-state index contributed by atoms with van der Waals surface area (Å²) < 4.78 is 18.4. The molecule has 0 spiro atoms. The van der Waals surface area contributed by atoms with Crippen molar-refractivity contribution in [2.24, 2.45) is 0 Å². The zero-order valence-corrected chi connectivity index (χ0v) is 16.9. The second kappa shape index (κ2) is 8.83. The molecule has 0 saturated carbocycles. The second-order valence-electron chi connectivity index (χ2n) is 6.24. The fourth-order valence-corrected chi connectivity index (χ4v) is 3.89. The number of hydrogen-bond donors (Lipinski definition) is 1. The Morgan fingerprint density at radius 3 is 2.53 bits per heavy atom. The van der Waals surface area contributed by atoms with Crippen molar-refractivity contribution in [1.29, 1.82) is 0 Å². The SMILES string of the molecule is CCOC(=O)c1c(-c2ccc(F)cc2)csc1NC(=O)c1cccc([N+](=O)[O-])c1C. The molecule has 0 unspecified atom stereocenters. The predicted octanol–water partition coefficient (Wildman–Crippen LogP) is 5.20. The van der Waals surface area contributed by atoms with E-state index in [4.69, 9.17) is 4.74 Å². The monoisotopic (exact) mass is 428 g/mol. The zero-order chi connectivity index (χ0) is 21.8. The molecule has 2 aromatic carbocycles. The molecule has 0 radical (unpaired) electrons. The number of benzene rings is 2. The molecule has 3 rings (SSSR count). The Labute approximate surface area is 175 Å². The number of rotatable bonds is 6. The first kappa shape index (κ1) is 21.1. The maximum absolute atomic E-state index is 13.3. The molecule has 154 valence electrons. The zero-order valence-electron chi connectivity index (χ0n) is 16.1. The Kier molecular flexibility index (Phi) is 6.22. The van der Waals surface area contributed by atoms with Crippen LogP contribution < -0.4 is 5.32 Å². The third-order valence-corrected chi connectivity index (χ3v) is 5.29. The van der Waals surface area contributed by atoms with Gasteiger partial charge in [0.2, 0.25) is 0 Å². The van der Waals surface area contributed by atoms with Crippen molar-refractivity contribution in [3.63, 3.8) is 0 Å². The number of ether oxygens (including phenoxy) is 1. The van der Waals surface area contributed by atoms with Gasteiger partial charge in [0.05, 0.1) is 11.5 Å². The Hall–Kier alpha value is -3.59. The van der Waals surface area contributed by atoms with Gasteiger partial charge in [-0.05, 0) is 37.6 Å².